The standard InChI is InChI=1S/C16H20O/c1-9-7-14(17-6)8-15-12(4)10(2)11(3)13(5)16(9)15/h7-8H,1-6H3. The maximum absolute atomic E-state index is 5.37. The minimum Gasteiger partial charge on any atom is -0.497 e. The third kappa shape index (κ3) is 1.70. The van der Waals surface area contributed by atoms with Crippen LogP contribution in [0.5, 0.6) is 5.75 Å². The molecular formula is C16H20O. The maximum Gasteiger partial charge on any atom is 0.119 e. The molecule has 2 aromatic carbocycles. The Hall–Kier alpha value is -1.50. The molecule has 0 aliphatic rings. The van der Waals surface area contributed by atoms with Crippen LogP contribution in [0.15, 0.2) is 12.1 Å². The van der Waals surface area contributed by atoms with E-state index in [1.165, 1.54) is 38.6 Å². The molecule has 0 spiro atoms. The lowest BCUT2D eigenvalue weighted by atomic mass is 9.89. The van der Waals surface area contributed by atoms with Gasteiger partial charge in [0.1, 0.15) is 5.75 Å². The Morgan fingerprint density at radius 3 is 1.94 bits per heavy atom. The van der Waals surface area contributed by atoms with Crippen LogP contribution in [0, 0.1) is 34.6 Å². The van der Waals surface area contributed by atoms with Gasteiger partial charge in [0.15, 0.2) is 0 Å². The first-order valence-electron chi connectivity index (χ1n) is 6.02. The largest absolute Gasteiger partial charge is 0.497 e. The van der Waals surface area contributed by atoms with Gasteiger partial charge in [0.25, 0.3) is 0 Å². The number of ether oxygens (including phenoxy) is 1. The minimum absolute atomic E-state index is 0.945. The van der Waals surface area contributed by atoms with E-state index in [2.05, 4.69) is 46.8 Å². The molecule has 2 rings (SSSR count). The van der Waals surface area contributed by atoms with Gasteiger partial charge >= 0.3 is 0 Å². The van der Waals surface area contributed by atoms with Gasteiger partial charge in [-0.15, -0.1) is 0 Å². The van der Waals surface area contributed by atoms with Crippen LogP contribution in [0.3, 0.4) is 0 Å². The lowest BCUT2D eigenvalue weighted by molar-refractivity contribution is 0.415. The van der Waals surface area contributed by atoms with Crippen molar-refractivity contribution >= 4 is 10.8 Å². The Morgan fingerprint density at radius 2 is 1.35 bits per heavy atom. The van der Waals surface area contributed by atoms with Gasteiger partial charge in [-0.1, -0.05) is 0 Å². The molecule has 0 saturated heterocycles. The molecule has 1 heteroatoms. The number of rotatable bonds is 1. The second-order valence-electron chi connectivity index (χ2n) is 4.87. The zero-order chi connectivity index (χ0) is 12.7. The van der Waals surface area contributed by atoms with Crippen LogP contribution >= 0.6 is 0 Å². The van der Waals surface area contributed by atoms with Crippen LogP contribution in [-0.2, 0) is 0 Å². The molecule has 0 atom stereocenters. The quantitative estimate of drug-likeness (QED) is 0.703. The van der Waals surface area contributed by atoms with Crippen molar-refractivity contribution < 1.29 is 4.74 Å². The van der Waals surface area contributed by atoms with E-state index in [0.29, 0.717) is 0 Å². The van der Waals surface area contributed by atoms with Gasteiger partial charge in [-0.05, 0) is 85.3 Å². The summed E-state index contributed by atoms with van der Waals surface area (Å²) < 4.78 is 5.37. The first-order chi connectivity index (χ1) is 7.97. The average molecular weight is 228 g/mol. The smallest absolute Gasteiger partial charge is 0.119 e. The number of hydrogen-bond donors (Lipinski definition) is 0. The second kappa shape index (κ2) is 4.06. The summed E-state index contributed by atoms with van der Waals surface area (Å²) in [7, 11) is 1.73. The number of benzene rings is 2. The van der Waals surface area contributed by atoms with Gasteiger partial charge in [-0.25, -0.2) is 0 Å². The molecule has 1 nitrogen and oxygen atoms in total. The summed E-state index contributed by atoms with van der Waals surface area (Å²) >= 11 is 0. The third-order valence-corrected chi connectivity index (χ3v) is 4.01. The van der Waals surface area contributed by atoms with Crippen molar-refractivity contribution in [1.82, 2.24) is 0 Å². The summed E-state index contributed by atoms with van der Waals surface area (Å²) in [6, 6.07) is 4.26. The molecule has 0 N–H and O–H groups in total. The van der Waals surface area contributed by atoms with E-state index in [9.17, 15) is 0 Å². The molecule has 0 heterocycles. The molecule has 0 radical (unpaired) electrons. The SMILES string of the molecule is COc1cc(C)c2c(C)c(C)c(C)c(C)c2c1. The number of hydrogen-bond acceptors (Lipinski definition) is 1. The Kier molecular flexibility index (Phi) is 2.86. The van der Waals surface area contributed by atoms with E-state index in [1.807, 2.05) is 0 Å². The predicted octanol–water partition coefficient (Wildman–Crippen LogP) is 4.39. The van der Waals surface area contributed by atoms with Crippen molar-refractivity contribution in [1.29, 1.82) is 0 Å². The lowest BCUT2D eigenvalue weighted by Crippen LogP contribution is -1.96. The minimum atomic E-state index is 0.945. The van der Waals surface area contributed by atoms with E-state index in [0.717, 1.165) is 5.75 Å². The molecule has 0 amide bonds. The topological polar surface area (TPSA) is 9.23 Å². The lowest BCUT2D eigenvalue weighted by Gasteiger charge is -2.17. The average Bonchev–Trinajstić information content (AvgIpc) is 2.32. The van der Waals surface area contributed by atoms with Crippen molar-refractivity contribution in [3.05, 3.63) is 39.9 Å². The summed E-state index contributed by atoms with van der Waals surface area (Å²) in [5.74, 6) is 0.945. The van der Waals surface area contributed by atoms with Gasteiger partial charge < -0.3 is 4.74 Å². The van der Waals surface area contributed by atoms with Crippen molar-refractivity contribution in [2.24, 2.45) is 0 Å². The normalized spacial score (nSPS) is 10.9. The van der Waals surface area contributed by atoms with E-state index in [1.54, 1.807) is 7.11 Å². The zero-order valence-electron chi connectivity index (χ0n) is 11.6. The monoisotopic (exact) mass is 228 g/mol. The number of methoxy groups -OCH3 is 1. The summed E-state index contributed by atoms with van der Waals surface area (Å²) in [6.45, 7) is 11.0. The van der Waals surface area contributed by atoms with Crippen LogP contribution in [0.2, 0.25) is 0 Å². The van der Waals surface area contributed by atoms with E-state index in [4.69, 9.17) is 4.74 Å². The summed E-state index contributed by atoms with van der Waals surface area (Å²) in [5.41, 5.74) is 6.85. The van der Waals surface area contributed by atoms with E-state index < -0.39 is 0 Å². The predicted molar refractivity (Wildman–Crippen MR) is 74.2 cm³/mol. The second-order valence-corrected chi connectivity index (χ2v) is 4.87. The van der Waals surface area contributed by atoms with E-state index >= 15 is 0 Å². The molecule has 90 valence electrons. The number of aryl methyl sites for hydroxylation is 3. The molecule has 0 saturated carbocycles. The molecule has 2 aromatic rings. The van der Waals surface area contributed by atoms with Crippen molar-refractivity contribution in [3.8, 4) is 5.75 Å². The first kappa shape index (κ1) is 12.0. The van der Waals surface area contributed by atoms with Gasteiger partial charge in [-0.3, -0.25) is 0 Å². The molecular weight excluding hydrogens is 208 g/mol. The molecule has 0 aliphatic carbocycles. The van der Waals surface area contributed by atoms with Gasteiger partial charge in [0.2, 0.25) is 0 Å². The van der Waals surface area contributed by atoms with Crippen LogP contribution in [-0.4, -0.2) is 7.11 Å². The van der Waals surface area contributed by atoms with E-state index in [-0.39, 0.29) is 0 Å². The van der Waals surface area contributed by atoms with Crippen molar-refractivity contribution in [2.75, 3.05) is 7.11 Å². The van der Waals surface area contributed by atoms with Gasteiger partial charge in [-0.2, -0.15) is 0 Å². The molecule has 0 fully saturated rings. The van der Waals surface area contributed by atoms with Crippen molar-refractivity contribution in [3.63, 3.8) is 0 Å². The van der Waals surface area contributed by atoms with Crippen LogP contribution in [0.4, 0.5) is 0 Å². The fourth-order valence-electron chi connectivity index (χ4n) is 2.62. The highest BCUT2D eigenvalue weighted by atomic mass is 16.5. The molecule has 0 bridgehead atoms. The summed E-state index contributed by atoms with van der Waals surface area (Å²) in [5, 5.41) is 2.70. The molecule has 17 heavy (non-hydrogen) atoms. The van der Waals surface area contributed by atoms with Crippen LogP contribution in [0.25, 0.3) is 10.8 Å². The summed E-state index contributed by atoms with van der Waals surface area (Å²) in [6.07, 6.45) is 0. The van der Waals surface area contributed by atoms with Gasteiger partial charge in [0.05, 0.1) is 7.11 Å². The highest BCUT2D eigenvalue weighted by Gasteiger charge is 2.11. The van der Waals surface area contributed by atoms with Crippen LogP contribution in [0.1, 0.15) is 27.8 Å². The Bertz CT molecular complexity index is 594. The maximum atomic E-state index is 5.37. The van der Waals surface area contributed by atoms with Crippen molar-refractivity contribution in [2.45, 2.75) is 34.6 Å². The number of fused-ring (bicyclic) bond motifs is 1. The molecule has 0 aromatic heterocycles. The first-order valence-corrected chi connectivity index (χ1v) is 6.02. The Labute approximate surface area is 103 Å². The molecule has 0 unspecified atom stereocenters. The van der Waals surface area contributed by atoms with Gasteiger partial charge in [0, 0.05) is 0 Å². The highest BCUT2D eigenvalue weighted by Crippen LogP contribution is 2.34. The third-order valence-electron chi connectivity index (χ3n) is 4.01. The fourth-order valence-corrected chi connectivity index (χ4v) is 2.62. The van der Waals surface area contributed by atoms with Crippen LogP contribution < -0.4 is 4.74 Å². The summed E-state index contributed by atoms with van der Waals surface area (Å²) in [4.78, 5) is 0. The molecule has 0 aliphatic heterocycles. The Morgan fingerprint density at radius 1 is 0.765 bits per heavy atom. The fraction of sp³-hybridized carbons (Fsp3) is 0.375. The zero-order valence-corrected chi connectivity index (χ0v) is 11.6. The highest BCUT2D eigenvalue weighted by molar-refractivity contribution is 5.94. The Balaban J connectivity index is 3.00.